The van der Waals surface area contributed by atoms with Gasteiger partial charge in [0.15, 0.2) is 11.5 Å². The molecule has 3 aromatic rings. The van der Waals surface area contributed by atoms with Crippen molar-refractivity contribution < 1.29 is 19.1 Å². The standard InChI is InChI=1S/C30H33N3O4/c1-36-28-20-22(14-15-27(28)37-19-9-18-32-16-7-2-8-17-32)21-29(34)33-25-12-5-3-10-23(25)30(35)31-24-11-4-6-13-26(24)33/h3-6,10-15,20H,2,7-9,16-19,21H2,1H3,(H,31,35). The largest absolute Gasteiger partial charge is 0.493 e. The fraction of sp³-hybridized carbons (Fsp3) is 0.333. The number of carbonyl (C=O) groups excluding carboxylic acids is 2. The van der Waals surface area contributed by atoms with Crippen LogP contribution < -0.4 is 19.7 Å². The molecular weight excluding hydrogens is 466 g/mol. The first-order valence-electron chi connectivity index (χ1n) is 13.0. The second-order valence-corrected chi connectivity index (χ2v) is 9.48. The van der Waals surface area contributed by atoms with Crippen molar-refractivity contribution in [3.05, 3.63) is 77.9 Å². The Morgan fingerprint density at radius 2 is 1.68 bits per heavy atom. The number of fused-ring (bicyclic) bond motifs is 2. The predicted molar refractivity (Wildman–Crippen MR) is 145 cm³/mol. The Kier molecular flexibility index (Phi) is 7.70. The Morgan fingerprint density at radius 3 is 2.49 bits per heavy atom. The number of methoxy groups -OCH3 is 1. The van der Waals surface area contributed by atoms with E-state index < -0.39 is 0 Å². The van der Waals surface area contributed by atoms with Crippen LogP contribution in [0.2, 0.25) is 0 Å². The molecule has 0 bridgehead atoms. The third-order valence-corrected chi connectivity index (χ3v) is 6.94. The van der Waals surface area contributed by atoms with Gasteiger partial charge in [0.1, 0.15) is 0 Å². The van der Waals surface area contributed by atoms with Crippen molar-refractivity contribution in [2.75, 3.05) is 43.6 Å². The quantitative estimate of drug-likeness (QED) is 0.419. The molecule has 0 aromatic heterocycles. The number of rotatable bonds is 8. The van der Waals surface area contributed by atoms with Crippen molar-refractivity contribution in [3.63, 3.8) is 0 Å². The molecule has 0 saturated carbocycles. The molecule has 7 heteroatoms. The van der Waals surface area contributed by atoms with Gasteiger partial charge >= 0.3 is 0 Å². The van der Waals surface area contributed by atoms with Crippen LogP contribution in [0.5, 0.6) is 11.5 Å². The summed E-state index contributed by atoms with van der Waals surface area (Å²) >= 11 is 0. The summed E-state index contributed by atoms with van der Waals surface area (Å²) in [5.41, 5.74) is 3.07. The number of carbonyl (C=O) groups is 2. The Hall–Kier alpha value is -3.84. The lowest BCUT2D eigenvalue weighted by atomic mass is 10.1. The molecule has 2 amide bonds. The first kappa shape index (κ1) is 24.8. The summed E-state index contributed by atoms with van der Waals surface area (Å²) in [6.07, 6.45) is 5.02. The van der Waals surface area contributed by atoms with Gasteiger partial charge in [-0.05, 0) is 74.3 Å². The van der Waals surface area contributed by atoms with Gasteiger partial charge in [-0.3, -0.25) is 14.5 Å². The summed E-state index contributed by atoms with van der Waals surface area (Å²) in [5.74, 6) is 0.907. The Balaban J connectivity index is 1.31. The summed E-state index contributed by atoms with van der Waals surface area (Å²) in [6, 6.07) is 20.2. The van der Waals surface area contributed by atoms with Gasteiger partial charge in [0.25, 0.3) is 5.91 Å². The van der Waals surface area contributed by atoms with Crippen molar-refractivity contribution in [1.29, 1.82) is 0 Å². The van der Waals surface area contributed by atoms with Crippen LogP contribution in [0.1, 0.15) is 41.6 Å². The molecular formula is C30H33N3O4. The normalized spacial score (nSPS) is 15.3. The SMILES string of the molecule is COc1cc(CC(=O)N2c3ccccc3NC(=O)c3ccccc32)ccc1OCCCN1CCCCC1. The zero-order chi connectivity index (χ0) is 25.6. The van der Waals surface area contributed by atoms with Crippen LogP contribution in [-0.2, 0) is 11.2 Å². The molecule has 2 aliphatic heterocycles. The molecule has 3 aromatic carbocycles. The number of piperidine rings is 1. The monoisotopic (exact) mass is 499 g/mol. The highest BCUT2D eigenvalue weighted by molar-refractivity contribution is 6.17. The van der Waals surface area contributed by atoms with Gasteiger partial charge in [-0.2, -0.15) is 0 Å². The number of ether oxygens (including phenoxy) is 2. The Morgan fingerprint density at radius 1 is 0.919 bits per heavy atom. The van der Waals surface area contributed by atoms with Crippen molar-refractivity contribution >= 4 is 28.9 Å². The molecule has 1 N–H and O–H groups in total. The maximum Gasteiger partial charge on any atom is 0.257 e. The molecule has 0 aliphatic carbocycles. The van der Waals surface area contributed by atoms with Crippen LogP contribution in [0.3, 0.4) is 0 Å². The lowest BCUT2D eigenvalue weighted by Gasteiger charge is -2.26. The maximum atomic E-state index is 13.7. The summed E-state index contributed by atoms with van der Waals surface area (Å²) in [5, 5.41) is 2.93. The first-order valence-corrected chi connectivity index (χ1v) is 13.0. The molecule has 37 heavy (non-hydrogen) atoms. The van der Waals surface area contributed by atoms with Crippen LogP contribution in [0, 0.1) is 0 Å². The van der Waals surface area contributed by atoms with E-state index >= 15 is 0 Å². The highest BCUT2D eigenvalue weighted by Gasteiger charge is 2.29. The van der Waals surface area contributed by atoms with Crippen LogP contribution in [0.15, 0.2) is 66.7 Å². The van der Waals surface area contributed by atoms with Crippen LogP contribution in [0.4, 0.5) is 17.1 Å². The molecule has 5 rings (SSSR count). The summed E-state index contributed by atoms with van der Waals surface area (Å²) in [6.45, 7) is 4.03. The summed E-state index contributed by atoms with van der Waals surface area (Å²) < 4.78 is 11.6. The lowest BCUT2D eigenvalue weighted by Crippen LogP contribution is -2.31. The molecule has 2 heterocycles. The third kappa shape index (κ3) is 5.62. The number of amides is 2. The zero-order valence-corrected chi connectivity index (χ0v) is 21.2. The van der Waals surface area contributed by atoms with Crippen molar-refractivity contribution in [2.24, 2.45) is 0 Å². The van der Waals surface area contributed by atoms with Crippen LogP contribution >= 0.6 is 0 Å². The molecule has 2 aliphatic rings. The highest BCUT2D eigenvalue weighted by atomic mass is 16.5. The second-order valence-electron chi connectivity index (χ2n) is 9.48. The molecule has 0 radical (unpaired) electrons. The van der Waals surface area contributed by atoms with E-state index in [1.807, 2.05) is 42.5 Å². The van der Waals surface area contributed by atoms with Crippen LogP contribution in [0.25, 0.3) is 0 Å². The summed E-state index contributed by atoms with van der Waals surface area (Å²) in [7, 11) is 1.61. The number of para-hydroxylation sites is 3. The first-order chi connectivity index (χ1) is 18.1. The molecule has 7 nitrogen and oxygen atoms in total. The molecule has 1 saturated heterocycles. The van der Waals surface area contributed by atoms with Gasteiger partial charge in [0.2, 0.25) is 5.91 Å². The van der Waals surface area contributed by atoms with Crippen LogP contribution in [-0.4, -0.2) is 50.1 Å². The average Bonchev–Trinajstić information content (AvgIpc) is 3.06. The number of anilines is 3. The Labute approximate surface area is 218 Å². The van der Waals surface area contributed by atoms with Crippen molar-refractivity contribution in [3.8, 4) is 11.5 Å². The van der Waals surface area contributed by atoms with E-state index in [2.05, 4.69) is 10.2 Å². The van der Waals surface area contributed by atoms with E-state index in [-0.39, 0.29) is 18.2 Å². The fourth-order valence-electron chi connectivity index (χ4n) is 5.07. The third-order valence-electron chi connectivity index (χ3n) is 6.94. The fourth-order valence-corrected chi connectivity index (χ4v) is 5.07. The van der Waals surface area contributed by atoms with Crippen molar-refractivity contribution in [1.82, 2.24) is 4.90 Å². The number of likely N-dealkylation sites (tertiary alicyclic amines) is 1. The smallest absolute Gasteiger partial charge is 0.257 e. The van der Waals surface area contributed by atoms with Gasteiger partial charge in [-0.15, -0.1) is 0 Å². The number of hydrogen-bond acceptors (Lipinski definition) is 5. The number of nitrogens with zero attached hydrogens (tertiary/aromatic N) is 2. The maximum absolute atomic E-state index is 13.7. The zero-order valence-electron chi connectivity index (χ0n) is 21.2. The van der Waals surface area contributed by atoms with Gasteiger partial charge in [0.05, 0.1) is 42.8 Å². The minimum atomic E-state index is -0.234. The van der Waals surface area contributed by atoms with Gasteiger partial charge in [-0.1, -0.05) is 36.8 Å². The lowest BCUT2D eigenvalue weighted by molar-refractivity contribution is -0.117. The van der Waals surface area contributed by atoms with E-state index in [4.69, 9.17) is 9.47 Å². The number of nitrogens with one attached hydrogen (secondary N) is 1. The van der Waals surface area contributed by atoms with Gasteiger partial charge in [-0.25, -0.2) is 0 Å². The highest BCUT2D eigenvalue weighted by Crippen LogP contribution is 2.38. The minimum Gasteiger partial charge on any atom is -0.493 e. The van der Waals surface area contributed by atoms with Crippen molar-refractivity contribution in [2.45, 2.75) is 32.1 Å². The second kappa shape index (κ2) is 11.5. The number of benzene rings is 3. The Bertz CT molecular complexity index is 1270. The molecule has 0 unspecified atom stereocenters. The summed E-state index contributed by atoms with van der Waals surface area (Å²) in [4.78, 5) is 30.7. The van der Waals surface area contributed by atoms with E-state index in [0.717, 1.165) is 18.5 Å². The molecule has 192 valence electrons. The van der Waals surface area contributed by atoms with E-state index in [9.17, 15) is 9.59 Å². The van der Waals surface area contributed by atoms with E-state index in [1.165, 1.54) is 32.4 Å². The van der Waals surface area contributed by atoms with Gasteiger partial charge in [0, 0.05) is 6.54 Å². The van der Waals surface area contributed by atoms with E-state index in [1.54, 1.807) is 36.3 Å². The molecule has 0 spiro atoms. The van der Waals surface area contributed by atoms with E-state index in [0.29, 0.717) is 40.7 Å². The molecule has 0 atom stereocenters. The van der Waals surface area contributed by atoms with Gasteiger partial charge < -0.3 is 19.7 Å². The molecule has 1 fully saturated rings. The minimum absolute atomic E-state index is 0.141. The topological polar surface area (TPSA) is 71.1 Å². The average molecular weight is 500 g/mol. The predicted octanol–water partition coefficient (Wildman–Crippen LogP) is 5.42. The number of hydrogen-bond donors (Lipinski definition) is 1.